The van der Waals surface area contributed by atoms with Crippen LogP contribution in [-0.4, -0.2) is 9.04 Å². The second-order valence-electron chi connectivity index (χ2n) is 3.62. The van der Waals surface area contributed by atoms with Gasteiger partial charge in [-0.2, -0.15) is 0 Å². The van der Waals surface area contributed by atoms with E-state index >= 15 is 0 Å². The lowest BCUT2D eigenvalue weighted by molar-refractivity contribution is 0.551. The van der Waals surface area contributed by atoms with Crippen molar-refractivity contribution in [2.45, 2.75) is 32.4 Å². The van der Waals surface area contributed by atoms with Gasteiger partial charge in [0.25, 0.3) is 0 Å². The summed E-state index contributed by atoms with van der Waals surface area (Å²) < 4.78 is 5.96. The van der Waals surface area contributed by atoms with Crippen LogP contribution in [-0.2, 0) is 0 Å². The van der Waals surface area contributed by atoms with Crippen molar-refractivity contribution in [1.29, 1.82) is 0 Å². The van der Waals surface area contributed by atoms with Crippen molar-refractivity contribution in [3.63, 3.8) is 0 Å². The molecule has 13 heavy (non-hydrogen) atoms. The van der Waals surface area contributed by atoms with E-state index < -0.39 is 9.04 Å². The standard InChI is InChI=1S/C11H18OSi/c1-4-13(10(2)3)12-11-8-6-5-7-9-11/h5-10,13H,4H2,1-3H3. The van der Waals surface area contributed by atoms with Crippen LogP contribution in [0.5, 0.6) is 5.75 Å². The molecular formula is C11H18OSi. The maximum Gasteiger partial charge on any atom is 0.237 e. The summed E-state index contributed by atoms with van der Waals surface area (Å²) in [4.78, 5) is 0. The Morgan fingerprint density at radius 1 is 1.23 bits per heavy atom. The fraction of sp³-hybridized carbons (Fsp3) is 0.455. The highest BCUT2D eigenvalue weighted by molar-refractivity contribution is 6.54. The molecule has 0 bridgehead atoms. The van der Waals surface area contributed by atoms with E-state index in [-0.39, 0.29) is 0 Å². The van der Waals surface area contributed by atoms with E-state index in [1.54, 1.807) is 0 Å². The van der Waals surface area contributed by atoms with Gasteiger partial charge in [0, 0.05) is 0 Å². The summed E-state index contributed by atoms with van der Waals surface area (Å²) in [5, 5.41) is 0. The van der Waals surface area contributed by atoms with Crippen LogP contribution in [0.1, 0.15) is 20.8 Å². The highest BCUT2D eigenvalue weighted by Crippen LogP contribution is 2.17. The van der Waals surface area contributed by atoms with E-state index in [2.05, 4.69) is 20.8 Å². The molecule has 0 fully saturated rings. The molecule has 1 aromatic rings. The van der Waals surface area contributed by atoms with Crippen LogP contribution in [0.15, 0.2) is 30.3 Å². The number of para-hydroxylation sites is 1. The van der Waals surface area contributed by atoms with Gasteiger partial charge in [-0.15, -0.1) is 0 Å². The maximum atomic E-state index is 5.96. The van der Waals surface area contributed by atoms with E-state index in [1.807, 2.05) is 30.3 Å². The Balaban J connectivity index is 2.57. The lowest BCUT2D eigenvalue weighted by atomic mass is 10.3. The van der Waals surface area contributed by atoms with E-state index in [9.17, 15) is 0 Å². The third-order valence-electron chi connectivity index (χ3n) is 2.18. The van der Waals surface area contributed by atoms with Gasteiger partial charge in [-0.3, -0.25) is 0 Å². The Bertz CT molecular complexity index is 233. The second-order valence-corrected chi connectivity index (χ2v) is 7.08. The van der Waals surface area contributed by atoms with Crippen LogP contribution < -0.4 is 4.43 Å². The zero-order valence-corrected chi connectivity index (χ0v) is 9.81. The van der Waals surface area contributed by atoms with Crippen LogP contribution >= 0.6 is 0 Å². The van der Waals surface area contributed by atoms with Crippen molar-refractivity contribution in [3.05, 3.63) is 30.3 Å². The number of hydrogen-bond donors (Lipinski definition) is 0. The van der Waals surface area contributed by atoms with E-state index in [4.69, 9.17) is 4.43 Å². The Morgan fingerprint density at radius 2 is 1.85 bits per heavy atom. The van der Waals surface area contributed by atoms with Gasteiger partial charge < -0.3 is 4.43 Å². The van der Waals surface area contributed by atoms with Gasteiger partial charge in [0.1, 0.15) is 5.75 Å². The Labute approximate surface area is 82.5 Å². The first-order chi connectivity index (χ1) is 6.24. The summed E-state index contributed by atoms with van der Waals surface area (Å²) in [5.41, 5.74) is 0.713. The minimum Gasteiger partial charge on any atom is -0.546 e. The van der Waals surface area contributed by atoms with E-state index in [0.717, 1.165) is 5.75 Å². The Kier molecular flexibility index (Phi) is 4.03. The molecule has 1 rings (SSSR count). The molecule has 0 spiro atoms. The lowest BCUT2D eigenvalue weighted by Gasteiger charge is -2.19. The molecule has 1 aromatic carbocycles. The first-order valence-electron chi connectivity index (χ1n) is 4.95. The van der Waals surface area contributed by atoms with Crippen molar-refractivity contribution in [1.82, 2.24) is 0 Å². The minimum atomic E-state index is -1.01. The predicted molar refractivity (Wildman–Crippen MR) is 59.8 cm³/mol. The molecule has 0 saturated heterocycles. The maximum absolute atomic E-state index is 5.96. The van der Waals surface area contributed by atoms with Crippen molar-refractivity contribution in [2.24, 2.45) is 0 Å². The largest absolute Gasteiger partial charge is 0.546 e. The molecule has 72 valence electrons. The van der Waals surface area contributed by atoms with Crippen LogP contribution in [0.2, 0.25) is 11.6 Å². The van der Waals surface area contributed by atoms with Crippen molar-refractivity contribution in [3.8, 4) is 5.75 Å². The Morgan fingerprint density at radius 3 is 2.31 bits per heavy atom. The average Bonchev–Trinajstić information content (AvgIpc) is 2.15. The van der Waals surface area contributed by atoms with Gasteiger partial charge in [-0.1, -0.05) is 39.0 Å². The van der Waals surface area contributed by atoms with Crippen molar-refractivity contribution >= 4 is 9.04 Å². The first-order valence-corrected chi connectivity index (χ1v) is 6.91. The fourth-order valence-electron chi connectivity index (χ4n) is 1.36. The van der Waals surface area contributed by atoms with Gasteiger partial charge >= 0.3 is 0 Å². The molecule has 0 aliphatic rings. The molecule has 0 N–H and O–H groups in total. The number of benzene rings is 1. The van der Waals surface area contributed by atoms with Crippen LogP contribution in [0, 0.1) is 0 Å². The normalized spacial score (nSPS) is 12.9. The molecule has 0 radical (unpaired) electrons. The summed E-state index contributed by atoms with van der Waals surface area (Å²) in [7, 11) is -1.01. The molecule has 0 aliphatic carbocycles. The SMILES string of the molecule is CC[SiH](Oc1ccccc1)C(C)C. The molecule has 0 aromatic heterocycles. The zero-order chi connectivity index (χ0) is 9.68. The summed E-state index contributed by atoms with van der Waals surface area (Å²) >= 11 is 0. The Hall–Kier alpha value is -0.763. The zero-order valence-electron chi connectivity index (χ0n) is 8.66. The minimum absolute atomic E-state index is 0.713. The third kappa shape index (κ3) is 3.23. The topological polar surface area (TPSA) is 9.23 Å². The van der Waals surface area contributed by atoms with Crippen LogP contribution in [0.25, 0.3) is 0 Å². The number of hydrogen-bond acceptors (Lipinski definition) is 1. The fourth-order valence-corrected chi connectivity index (χ4v) is 3.25. The first kappa shape index (κ1) is 10.3. The van der Waals surface area contributed by atoms with Gasteiger partial charge in [0.2, 0.25) is 9.04 Å². The van der Waals surface area contributed by atoms with Crippen molar-refractivity contribution in [2.75, 3.05) is 0 Å². The van der Waals surface area contributed by atoms with Gasteiger partial charge in [-0.05, 0) is 23.7 Å². The lowest BCUT2D eigenvalue weighted by Crippen LogP contribution is -2.24. The van der Waals surface area contributed by atoms with Crippen molar-refractivity contribution < 1.29 is 4.43 Å². The van der Waals surface area contributed by atoms with Gasteiger partial charge in [-0.25, -0.2) is 0 Å². The molecular weight excluding hydrogens is 176 g/mol. The van der Waals surface area contributed by atoms with Gasteiger partial charge in [0.05, 0.1) is 0 Å². The smallest absolute Gasteiger partial charge is 0.237 e. The van der Waals surface area contributed by atoms with Crippen LogP contribution in [0.4, 0.5) is 0 Å². The average molecular weight is 194 g/mol. The third-order valence-corrected chi connectivity index (χ3v) is 5.04. The molecule has 1 atom stereocenters. The number of rotatable bonds is 4. The quantitative estimate of drug-likeness (QED) is 0.669. The highest BCUT2D eigenvalue weighted by Gasteiger charge is 2.15. The summed E-state index contributed by atoms with van der Waals surface area (Å²) in [5.74, 6) is 1.04. The van der Waals surface area contributed by atoms with E-state index in [1.165, 1.54) is 6.04 Å². The molecule has 0 heterocycles. The van der Waals surface area contributed by atoms with E-state index in [0.29, 0.717) is 5.54 Å². The van der Waals surface area contributed by atoms with Gasteiger partial charge in [0.15, 0.2) is 0 Å². The summed E-state index contributed by atoms with van der Waals surface area (Å²) in [6.07, 6.45) is 0. The molecule has 0 aliphatic heterocycles. The highest BCUT2D eigenvalue weighted by atomic mass is 28.3. The summed E-state index contributed by atoms with van der Waals surface area (Å²) in [6.45, 7) is 6.73. The molecule has 0 saturated carbocycles. The van der Waals surface area contributed by atoms with Crippen LogP contribution in [0.3, 0.4) is 0 Å². The molecule has 1 unspecified atom stereocenters. The molecule has 1 nitrogen and oxygen atoms in total. The second kappa shape index (κ2) is 5.07. The molecule has 0 amide bonds. The molecule has 2 heteroatoms. The monoisotopic (exact) mass is 194 g/mol. The summed E-state index contributed by atoms with van der Waals surface area (Å²) in [6, 6.07) is 11.3. The predicted octanol–water partition coefficient (Wildman–Crippen LogP) is 3.22.